The van der Waals surface area contributed by atoms with Crippen LogP contribution in [0.15, 0.2) is 11.8 Å². The molecule has 0 saturated carbocycles. The number of unbranched alkanes of at least 4 members (excludes halogenated alkanes) is 5. The Labute approximate surface area is 84.1 Å². The summed E-state index contributed by atoms with van der Waals surface area (Å²) in [6.45, 7) is 2.14. The largest absolute Gasteiger partial charge is 0.475 e. The van der Waals surface area contributed by atoms with Gasteiger partial charge in [0.2, 0.25) is 5.76 Å². The van der Waals surface area contributed by atoms with E-state index in [0.717, 1.165) is 12.8 Å². The molecule has 0 atom stereocenters. The lowest BCUT2D eigenvalue weighted by Gasteiger charge is -1.98. The smallest absolute Gasteiger partial charge is 0.375 e. The first-order valence-electron chi connectivity index (χ1n) is 4.97. The van der Waals surface area contributed by atoms with Gasteiger partial charge in [0.05, 0.1) is 0 Å². The highest BCUT2D eigenvalue weighted by atomic mass is 17.1. The first kappa shape index (κ1) is 13.0. The quantitative estimate of drug-likeness (QED) is 0.209. The van der Waals surface area contributed by atoms with Crippen LogP contribution in [-0.4, -0.2) is 16.3 Å². The van der Waals surface area contributed by atoms with Crippen LogP contribution in [0.5, 0.6) is 0 Å². The van der Waals surface area contributed by atoms with Crippen molar-refractivity contribution in [3.63, 3.8) is 0 Å². The Morgan fingerprint density at radius 1 is 1.29 bits per heavy atom. The summed E-state index contributed by atoms with van der Waals surface area (Å²) in [4.78, 5) is 14.0. The number of carbonyl (C=O) groups is 1. The van der Waals surface area contributed by atoms with Crippen LogP contribution in [-0.2, 0) is 9.68 Å². The Kier molecular flexibility index (Phi) is 7.93. The molecule has 2 N–H and O–H groups in total. The lowest BCUT2D eigenvalue weighted by Crippen LogP contribution is -2.02. The zero-order chi connectivity index (χ0) is 10.8. The van der Waals surface area contributed by atoms with Crippen LogP contribution < -0.4 is 0 Å². The maximum atomic E-state index is 10.3. The molecular formula is C10H18O4. The molecule has 0 saturated heterocycles. The summed E-state index contributed by atoms with van der Waals surface area (Å²) >= 11 is 0. The molecule has 0 spiro atoms. The standard InChI is InChI=1S/C10H18O4/c1-2-3-4-5-6-7-8-9(14-13)10(11)12/h8,13H,2-7H2,1H3,(H,11,12). The minimum Gasteiger partial charge on any atom is -0.475 e. The van der Waals surface area contributed by atoms with Gasteiger partial charge in [0.25, 0.3) is 0 Å². The van der Waals surface area contributed by atoms with E-state index in [0.29, 0.717) is 6.42 Å². The minimum absolute atomic E-state index is 0.388. The zero-order valence-electron chi connectivity index (χ0n) is 8.53. The summed E-state index contributed by atoms with van der Waals surface area (Å²) in [7, 11) is 0. The fourth-order valence-corrected chi connectivity index (χ4v) is 1.14. The van der Waals surface area contributed by atoms with Gasteiger partial charge in [0.15, 0.2) is 0 Å². The number of aliphatic carboxylic acids is 1. The van der Waals surface area contributed by atoms with Crippen molar-refractivity contribution in [3.05, 3.63) is 11.8 Å². The normalized spacial score (nSPS) is 11.4. The summed E-state index contributed by atoms with van der Waals surface area (Å²) in [6, 6.07) is 0. The van der Waals surface area contributed by atoms with Gasteiger partial charge in [0, 0.05) is 0 Å². The molecule has 0 aliphatic carbocycles. The van der Waals surface area contributed by atoms with Crippen molar-refractivity contribution < 1.29 is 20.0 Å². The molecule has 0 amide bonds. The van der Waals surface area contributed by atoms with E-state index in [1.165, 1.54) is 25.3 Å². The molecule has 0 rings (SSSR count). The molecule has 0 aliphatic rings. The molecule has 4 heteroatoms. The topological polar surface area (TPSA) is 66.8 Å². The molecule has 0 aromatic rings. The van der Waals surface area contributed by atoms with Gasteiger partial charge in [-0.1, -0.05) is 32.6 Å². The number of allylic oxidation sites excluding steroid dienone is 1. The van der Waals surface area contributed by atoms with E-state index in [-0.39, 0.29) is 5.76 Å². The van der Waals surface area contributed by atoms with E-state index in [4.69, 9.17) is 10.4 Å². The molecule has 0 fully saturated rings. The third kappa shape index (κ3) is 6.48. The van der Waals surface area contributed by atoms with Crippen LogP contribution in [0.4, 0.5) is 0 Å². The molecule has 0 aromatic heterocycles. The van der Waals surface area contributed by atoms with Gasteiger partial charge in [-0.2, -0.15) is 0 Å². The molecule has 0 aliphatic heterocycles. The van der Waals surface area contributed by atoms with Crippen LogP contribution in [0.2, 0.25) is 0 Å². The lowest BCUT2D eigenvalue weighted by atomic mass is 10.1. The number of rotatable bonds is 8. The Morgan fingerprint density at radius 2 is 1.93 bits per heavy atom. The second kappa shape index (κ2) is 8.56. The second-order valence-corrected chi connectivity index (χ2v) is 3.17. The van der Waals surface area contributed by atoms with Crippen molar-refractivity contribution in [2.24, 2.45) is 0 Å². The molecular weight excluding hydrogens is 184 g/mol. The fraction of sp³-hybridized carbons (Fsp3) is 0.700. The Balaban J connectivity index is 3.53. The minimum atomic E-state index is -1.24. The zero-order valence-corrected chi connectivity index (χ0v) is 8.53. The Hall–Kier alpha value is -1.03. The molecule has 0 radical (unpaired) electrons. The average Bonchev–Trinajstić information content (AvgIpc) is 2.16. The van der Waals surface area contributed by atoms with Gasteiger partial charge in [-0.25, -0.2) is 10.1 Å². The van der Waals surface area contributed by atoms with Gasteiger partial charge in [-0.3, -0.25) is 0 Å². The van der Waals surface area contributed by atoms with Crippen molar-refractivity contribution in [1.29, 1.82) is 0 Å². The molecule has 4 nitrogen and oxygen atoms in total. The van der Waals surface area contributed by atoms with E-state index < -0.39 is 5.97 Å². The van der Waals surface area contributed by atoms with Crippen molar-refractivity contribution in [2.45, 2.75) is 45.4 Å². The van der Waals surface area contributed by atoms with Crippen LogP contribution in [0, 0.1) is 0 Å². The first-order chi connectivity index (χ1) is 6.72. The highest BCUT2D eigenvalue weighted by Crippen LogP contribution is 2.07. The molecule has 82 valence electrons. The molecule has 0 bridgehead atoms. The number of carboxylic acids is 1. The highest BCUT2D eigenvalue weighted by molar-refractivity contribution is 5.83. The lowest BCUT2D eigenvalue weighted by molar-refractivity contribution is -0.210. The molecule has 0 unspecified atom stereocenters. The molecule has 0 aromatic carbocycles. The average molecular weight is 202 g/mol. The summed E-state index contributed by atoms with van der Waals surface area (Å²) in [5.74, 6) is -1.62. The van der Waals surface area contributed by atoms with E-state index in [9.17, 15) is 4.79 Å². The maximum absolute atomic E-state index is 10.3. The van der Waals surface area contributed by atoms with Crippen LogP contribution >= 0.6 is 0 Å². The summed E-state index contributed by atoms with van der Waals surface area (Å²) in [5, 5.41) is 16.6. The third-order valence-corrected chi connectivity index (χ3v) is 1.95. The van der Waals surface area contributed by atoms with Crippen molar-refractivity contribution in [2.75, 3.05) is 0 Å². The van der Waals surface area contributed by atoms with Crippen molar-refractivity contribution in [1.82, 2.24) is 0 Å². The highest BCUT2D eigenvalue weighted by Gasteiger charge is 2.06. The SMILES string of the molecule is CCCCCCCC=C(OO)C(=O)O. The Bertz CT molecular complexity index is 187. The van der Waals surface area contributed by atoms with Gasteiger partial charge < -0.3 is 9.99 Å². The molecule has 14 heavy (non-hydrogen) atoms. The van der Waals surface area contributed by atoms with Gasteiger partial charge in [-0.15, -0.1) is 0 Å². The number of carboxylic acid groups (broad SMARTS) is 1. The van der Waals surface area contributed by atoms with Crippen LogP contribution in [0.25, 0.3) is 0 Å². The molecule has 0 heterocycles. The number of hydrogen-bond donors (Lipinski definition) is 2. The monoisotopic (exact) mass is 202 g/mol. The van der Waals surface area contributed by atoms with Crippen LogP contribution in [0.3, 0.4) is 0 Å². The summed E-state index contributed by atoms with van der Waals surface area (Å²) < 4.78 is 0. The Morgan fingerprint density at radius 3 is 2.43 bits per heavy atom. The van der Waals surface area contributed by atoms with E-state index in [2.05, 4.69) is 11.8 Å². The van der Waals surface area contributed by atoms with E-state index in [1.54, 1.807) is 0 Å². The first-order valence-corrected chi connectivity index (χ1v) is 4.97. The fourth-order valence-electron chi connectivity index (χ4n) is 1.14. The van der Waals surface area contributed by atoms with Gasteiger partial charge in [-0.05, 0) is 18.9 Å². The van der Waals surface area contributed by atoms with E-state index >= 15 is 0 Å². The predicted molar refractivity (Wildman–Crippen MR) is 52.8 cm³/mol. The van der Waals surface area contributed by atoms with E-state index in [1.807, 2.05) is 0 Å². The van der Waals surface area contributed by atoms with Crippen molar-refractivity contribution in [3.8, 4) is 0 Å². The van der Waals surface area contributed by atoms with Gasteiger partial charge in [0.1, 0.15) is 0 Å². The maximum Gasteiger partial charge on any atom is 0.375 e. The van der Waals surface area contributed by atoms with Crippen molar-refractivity contribution >= 4 is 5.97 Å². The van der Waals surface area contributed by atoms with Crippen LogP contribution in [0.1, 0.15) is 45.4 Å². The number of hydrogen-bond acceptors (Lipinski definition) is 3. The summed E-state index contributed by atoms with van der Waals surface area (Å²) in [5.41, 5.74) is 0. The van der Waals surface area contributed by atoms with Gasteiger partial charge >= 0.3 is 5.97 Å². The second-order valence-electron chi connectivity index (χ2n) is 3.17. The predicted octanol–water partition coefficient (Wildman–Crippen LogP) is 2.81. The third-order valence-electron chi connectivity index (χ3n) is 1.95. The summed E-state index contributed by atoms with van der Waals surface area (Å²) in [6.07, 6.45) is 7.62.